The Labute approximate surface area is 163 Å². The highest BCUT2D eigenvalue weighted by Gasteiger charge is 2.08. The first-order chi connectivity index (χ1) is 13.6. The molecule has 0 aliphatic carbocycles. The minimum atomic E-state index is -0.221. The first-order valence-electron chi connectivity index (χ1n) is 8.74. The summed E-state index contributed by atoms with van der Waals surface area (Å²) in [6, 6.07) is 17.0. The third-order valence-electron chi connectivity index (χ3n) is 4.33. The van der Waals surface area contributed by atoms with Gasteiger partial charge in [-0.3, -0.25) is 4.79 Å². The first-order valence-corrected chi connectivity index (χ1v) is 8.74. The second-order valence-corrected chi connectivity index (χ2v) is 6.09. The van der Waals surface area contributed by atoms with Crippen molar-refractivity contribution in [1.29, 1.82) is 0 Å². The lowest BCUT2D eigenvalue weighted by atomic mass is 10.0. The summed E-state index contributed by atoms with van der Waals surface area (Å²) in [4.78, 5) is 12.2. The molecule has 0 saturated heterocycles. The third kappa shape index (κ3) is 4.40. The van der Waals surface area contributed by atoms with Gasteiger partial charge in [0, 0.05) is 5.56 Å². The van der Waals surface area contributed by atoms with Crippen molar-refractivity contribution in [3.63, 3.8) is 0 Å². The number of carbonyl (C=O) groups excluding carboxylic acids is 1. The number of hydrogen-bond acceptors (Lipinski definition) is 5. The van der Waals surface area contributed by atoms with Gasteiger partial charge in [-0.25, -0.2) is 5.43 Å². The summed E-state index contributed by atoms with van der Waals surface area (Å²) in [5.41, 5.74) is 4.18. The van der Waals surface area contributed by atoms with E-state index >= 15 is 0 Å². The number of fused-ring (bicyclic) bond motifs is 1. The van der Waals surface area contributed by atoms with Gasteiger partial charge < -0.3 is 14.2 Å². The van der Waals surface area contributed by atoms with Crippen LogP contribution in [0.15, 0.2) is 59.7 Å². The lowest BCUT2D eigenvalue weighted by Crippen LogP contribution is -2.19. The molecule has 0 fully saturated rings. The van der Waals surface area contributed by atoms with Crippen LogP contribution in [0.1, 0.15) is 11.1 Å². The SMILES string of the molecule is COc1cccc(CC(=O)N/N=C/c2c(OC)ccc3ccc(OC)cc23)c1. The molecule has 0 unspecified atom stereocenters. The van der Waals surface area contributed by atoms with Gasteiger partial charge in [-0.1, -0.05) is 24.3 Å². The Morgan fingerprint density at radius 3 is 2.46 bits per heavy atom. The number of carbonyl (C=O) groups is 1. The van der Waals surface area contributed by atoms with Gasteiger partial charge in [0.15, 0.2) is 0 Å². The predicted molar refractivity (Wildman–Crippen MR) is 109 cm³/mol. The van der Waals surface area contributed by atoms with Gasteiger partial charge in [0.2, 0.25) is 5.91 Å². The fourth-order valence-electron chi connectivity index (χ4n) is 2.92. The van der Waals surface area contributed by atoms with E-state index in [4.69, 9.17) is 14.2 Å². The maximum absolute atomic E-state index is 12.2. The Kier molecular flexibility index (Phi) is 6.11. The molecular weight excluding hydrogens is 356 g/mol. The Morgan fingerprint density at radius 2 is 1.71 bits per heavy atom. The average molecular weight is 378 g/mol. The van der Waals surface area contributed by atoms with Crippen LogP contribution in [0.25, 0.3) is 10.8 Å². The van der Waals surface area contributed by atoms with E-state index in [1.54, 1.807) is 27.5 Å². The van der Waals surface area contributed by atoms with Crippen LogP contribution in [0.3, 0.4) is 0 Å². The second kappa shape index (κ2) is 8.90. The van der Waals surface area contributed by atoms with E-state index in [0.29, 0.717) is 11.5 Å². The quantitative estimate of drug-likeness (QED) is 0.504. The van der Waals surface area contributed by atoms with Crippen LogP contribution in [0.4, 0.5) is 0 Å². The third-order valence-corrected chi connectivity index (χ3v) is 4.33. The molecule has 0 spiro atoms. The zero-order valence-electron chi connectivity index (χ0n) is 16.1. The van der Waals surface area contributed by atoms with Crippen molar-refractivity contribution in [2.45, 2.75) is 6.42 Å². The maximum Gasteiger partial charge on any atom is 0.244 e. The van der Waals surface area contributed by atoms with Crippen LogP contribution >= 0.6 is 0 Å². The molecule has 3 aromatic carbocycles. The summed E-state index contributed by atoms with van der Waals surface area (Å²) in [6.45, 7) is 0. The van der Waals surface area contributed by atoms with E-state index in [1.165, 1.54) is 0 Å². The zero-order chi connectivity index (χ0) is 19.9. The Balaban J connectivity index is 1.79. The number of nitrogens with zero attached hydrogens (tertiary/aromatic N) is 1. The first kappa shape index (κ1) is 19.2. The number of benzene rings is 3. The van der Waals surface area contributed by atoms with Crippen molar-refractivity contribution in [1.82, 2.24) is 5.43 Å². The van der Waals surface area contributed by atoms with Gasteiger partial charge in [0.1, 0.15) is 17.2 Å². The summed E-state index contributed by atoms with van der Waals surface area (Å²) >= 11 is 0. The summed E-state index contributed by atoms with van der Waals surface area (Å²) in [5.74, 6) is 1.88. The van der Waals surface area contributed by atoms with Gasteiger partial charge in [-0.05, 0) is 46.7 Å². The molecule has 3 rings (SSSR count). The molecule has 0 bridgehead atoms. The molecule has 0 radical (unpaired) electrons. The Bertz CT molecular complexity index is 1010. The van der Waals surface area contributed by atoms with Crippen LogP contribution in [0.2, 0.25) is 0 Å². The minimum absolute atomic E-state index is 0.203. The normalized spacial score (nSPS) is 10.8. The lowest BCUT2D eigenvalue weighted by Gasteiger charge is -2.10. The van der Waals surface area contributed by atoms with E-state index in [0.717, 1.165) is 27.6 Å². The smallest absolute Gasteiger partial charge is 0.244 e. The molecule has 0 aromatic heterocycles. The zero-order valence-corrected chi connectivity index (χ0v) is 16.1. The van der Waals surface area contributed by atoms with Crippen LogP contribution in [-0.4, -0.2) is 33.5 Å². The molecule has 6 nitrogen and oxygen atoms in total. The monoisotopic (exact) mass is 378 g/mol. The molecule has 0 aliphatic rings. The predicted octanol–water partition coefficient (Wildman–Crippen LogP) is 3.56. The van der Waals surface area contributed by atoms with Crippen LogP contribution < -0.4 is 19.6 Å². The maximum atomic E-state index is 12.2. The molecule has 1 amide bonds. The molecule has 1 N–H and O–H groups in total. The molecule has 0 heterocycles. The summed E-state index contributed by atoms with van der Waals surface area (Å²) in [5, 5.41) is 6.06. The highest BCUT2D eigenvalue weighted by Crippen LogP contribution is 2.29. The van der Waals surface area contributed by atoms with Crippen LogP contribution in [0.5, 0.6) is 17.2 Å². The van der Waals surface area contributed by atoms with E-state index in [2.05, 4.69) is 10.5 Å². The Hall–Kier alpha value is -3.54. The van der Waals surface area contributed by atoms with Crippen molar-refractivity contribution in [2.75, 3.05) is 21.3 Å². The van der Waals surface area contributed by atoms with Crippen molar-refractivity contribution in [3.8, 4) is 17.2 Å². The topological polar surface area (TPSA) is 69.2 Å². The lowest BCUT2D eigenvalue weighted by molar-refractivity contribution is -0.120. The van der Waals surface area contributed by atoms with E-state index in [-0.39, 0.29) is 12.3 Å². The van der Waals surface area contributed by atoms with Crippen LogP contribution in [-0.2, 0) is 11.2 Å². The average Bonchev–Trinajstić information content (AvgIpc) is 2.73. The van der Waals surface area contributed by atoms with Gasteiger partial charge >= 0.3 is 0 Å². The molecule has 144 valence electrons. The van der Waals surface area contributed by atoms with Crippen molar-refractivity contribution >= 4 is 22.9 Å². The summed E-state index contributed by atoms with van der Waals surface area (Å²) in [7, 11) is 4.81. The van der Waals surface area contributed by atoms with Crippen LogP contribution in [0, 0.1) is 0 Å². The molecule has 6 heteroatoms. The van der Waals surface area contributed by atoms with Gasteiger partial charge in [-0.15, -0.1) is 0 Å². The van der Waals surface area contributed by atoms with Crippen molar-refractivity contribution in [3.05, 3.63) is 65.7 Å². The van der Waals surface area contributed by atoms with Crippen molar-refractivity contribution in [2.24, 2.45) is 5.10 Å². The van der Waals surface area contributed by atoms with Gasteiger partial charge in [-0.2, -0.15) is 5.10 Å². The number of hydrazone groups is 1. The standard InChI is InChI=1S/C22H22N2O4/c1-26-17-6-4-5-15(11-17)12-22(25)24-23-14-20-19-13-18(27-2)9-7-16(19)8-10-21(20)28-3/h4-11,13-14H,12H2,1-3H3,(H,24,25)/b23-14+. The Morgan fingerprint density at radius 1 is 0.964 bits per heavy atom. The summed E-state index contributed by atoms with van der Waals surface area (Å²) in [6.07, 6.45) is 1.79. The van der Waals surface area contributed by atoms with E-state index < -0.39 is 0 Å². The minimum Gasteiger partial charge on any atom is -0.497 e. The summed E-state index contributed by atoms with van der Waals surface area (Å²) < 4.78 is 15.9. The van der Waals surface area contributed by atoms with E-state index in [1.807, 2.05) is 54.6 Å². The van der Waals surface area contributed by atoms with Gasteiger partial charge in [0.25, 0.3) is 0 Å². The molecule has 0 atom stereocenters. The number of rotatable bonds is 7. The fraction of sp³-hybridized carbons (Fsp3) is 0.182. The van der Waals surface area contributed by atoms with Gasteiger partial charge in [0.05, 0.1) is 34.0 Å². The highest BCUT2D eigenvalue weighted by molar-refractivity contribution is 6.03. The number of ether oxygens (including phenoxy) is 3. The number of amides is 1. The van der Waals surface area contributed by atoms with E-state index in [9.17, 15) is 4.79 Å². The fourth-order valence-corrected chi connectivity index (χ4v) is 2.92. The van der Waals surface area contributed by atoms with Crippen molar-refractivity contribution < 1.29 is 19.0 Å². The second-order valence-electron chi connectivity index (χ2n) is 6.09. The molecule has 3 aromatic rings. The number of nitrogens with one attached hydrogen (secondary N) is 1. The highest BCUT2D eigenvalue weighted by atomic mass is 16.5. The molecule has 28 heavy (non-hydrogen) atoms. The molecule has 0 aliphatic heterocycles. The number of methoxy groups -OCH3 is 3. The molecule has 0 saturated carbocycles. The molecular formula is C22H22N2O4. The number of hydrogen-bond donors (Lipinski definition) is 1. The largest absolute Gasteiger partial charge is 0.497 e.